The summed E-state index contributed by atoms with van der Waals surface area (Å²) in [7, 11) is 0. The molecule has 1 spiro atoms. The van der Waals surface area contributed by atoms with Crippen LogP contribution in [0, 0.1) is 12.8 Å². The fourth-order valence-corrected chi connectivity index (χ4v) is 4.88. The van der Waals surface area contributed by atoms with Gasteiger partial charge in [0.25, 0.3) is 11.8 Å². The van der Waals surface area contributed by atoms with Gasteiger partial charge in [0.15, 0.2) is 0 Å². The van der Waals surface area contributed by atoms with Crippen molar-refractivity contribution in [1.29, 1.82) is 0 Å². The van der Waals surface area contributed by atoms with Crippen molar-refractivity contribution in [3.8, 4) is 0 Å². The van der Waals surface area contributed by atoms with Crippen LogP contribution in [-0.4, -0.2) is 65.5 Å². The average Bonchev–Trinajstić information content (AvgIpc) is 3.21. The quantitative estimate of drug-likeness (QED) is 0.679. The molecular weight excluding hydrogens is 466 g/mol. The van der Waals surface area contributed by atoms with Gasteiger partial charge in [-0.05, 0) is 43.2 Å². The summed E-state index contributed by atoms with van der Waals surface area (Å²) in [5, 5.41) is 3.46. The summed E-state index contributed by atoms with van der Waals surface area (Å²) >= 11 is 6.07. The van der Waals surface area contributed by atoms with Crippen molar-refractivity contribution in [3.63, 3.8) is 0 Å². The Morgan fingerprint density at radius 2 is 1.74 bits per heavy atom. The standard InChI is InChI=1S/C27H32ClN3O4/c1-18(2)16-29-24(32)23-17-35-27(31(23)26(34)20-9-7-19(3)8-10-20)11-13-30(14-12-27)25(33)21-5-4-6-22(28)15-21/h4-10,15,18,23H,11-14,16-17H2,1-3H3,(H,29,32). The zero-order chi connectivity index (χ0) is 25.2. The average molecular weight is 498 g/mol. The van der Waals surface area contributed by atoms with Crippen LogP contribution in [0.1, 0.15) is 53.0 Å². The van der Waals surface area contributed by atoms with Gasteiger partial charge < -0.3 is 15.0 Å². The lowest BCUT2D eigenvalue weighted by Crippen LogP contribution is -2.60. The van der Waals surface area contributed by atoms with Crippen LogP contribution < -0.4 is 5.32 Å². The van der Waals surface area contributed by atoms with Crippen LogP contribution in [0.15, 0.2) is 48.5 Å². The SMILES string of the molecule is Cc1ccc(C(=O)N2C(C(=O)NCC(C)C)COC23CCN(C(=O)c2cccc(Cl)c2)CC3)cc1. The summed E-state index contributed by atoms with van der Waals surface area (Å²) in [6, 6.07) is 13.5. The van der Waals surface area contributed by atoms with Crippen molar-refractivity contribution < 1.29 is 19.1 Å². The molecule has 8 heteroatoms. The molecule has 1 unspecified atom stereocenters. The first-order valence-corrected chi connectivity index (χ1v) is 12.4. The van der Waals surface area contributed by atoms with E-state index in [1.54, 1.807) is 46.2 Å². The van der Waals surface area contributed by atoms with E-state index in [2.05, 4.69) is 5.32 Å². The molecule has 2 aliphatic heterocycles. The molecule has 2 fully saturated rings. The van der Waals surface area contributed by atoms with Gasteiger partial charge in [-0.25, -0.2) is 0 Å². The van der Waals surface area contributed by atoms with E-state index in [1.807, 2.05) is 32.9 Å². The topological polar surface area (TPSA) is 79.0 Å². The molecule has 1 N–H and O–H groups in total. The Morgan fingerprint density at radius 3 is 2.37 bits per heavy atom. The molecule has 186 valence electrons. The Bertz CT molecular complexity index is 1090. The Kier molecular flexibility index (Phi) is 7.47. The van der Waals surface area contributed by atoms with E-state index >= 15 is 0 Å². The predicted octanol–water partition coefficient (Wildman–Crippen LogP) is 3.89. The molecular formula is C27H32ClN3O4. The normalized spacial score (nSPS) is 19.3. The number of carbonyl (C=O) groups is 3. The number of benzene rings is 2. The molecule has 0 bridgehead atoms. The Labute approximate surface area is 211 Å². The van der Waals surface area contributed by atoms with Gasteiger partial charge in [0.2, 0.25) is 5.91 Å². The third-order valence-corrected chi connectivity index (χ3v) is 6.90. The highest BCUT2D eigenvalue weighted by Crippen LogP contribution is 2.39. The van der Waals surface area contributed by atoms with E-state index in [-0.39, 0.29) is 30.2 Å². The first kappa shape index (κ1) is 25.2. The van der Waals surface area contributed by atoms with E-state index in [9.17, 15) is 14.4 Å². The van der Waals surface area contributed by atoms with Crippen molar-refractivity contribution in [1.82, 2.24) is 15.1 Å². The number of aryl methyl sites for hydroxylation is 1. The minimum Gasteiger partial charge on any atom is -0.354 e. The van der Waals surface area contributed by atoms with Crippen molar-refractivity contribution >= 4 is 29.3 Å². The van der Waals surface area contributed by atoms with Crippen molar-refractivity contribution in [2.45, 2.75) is 45.4 Å². The molecule has 1 atom stereocenters. The summed E-state index contributed by atoms with van der Waals surface area (Å²) in [6.45, 7) is 7.47. The fraction of sp³-hybridized carbons (Fsp3) is 0.444. The zero-order valence-corrected chi connectivity index (χ0v) is 21.2. The second-order valence-corrected chi connectivity index (χ2v) is 10.2. The van der Waals surface area contributed by atoms with Crippen molar-refractivity contribution in [3.05, 3.63) is 70.2 Å². The number of nitrogens with one attached hydrogen (secondary N) is 1. The zero-order valence-electron chi connectivity index (χ0n) is 20.4. The third-order valence-electron chi connectivity index (χ3n) is 6.67. The Balaban J connectivity index is 1.56. The lowest BCUT2D eigenvalue weighted by atomic mass is 9.96. The molecule has 2 aromatic rings. The maximum atomic E-state index is 13.7. The Hall–Kier alpha value is -2.90. The van der Waals surface area contributed by atoms with Crippen LogP contribution >= 0.6 is 11.6 Å². The number of likely N-dealkylation sites (tertiary alicyclic amines) is 1. The second kappa shape index (κ2) is 10.4. The van der Waals surface area contributed by atoms with Gasteiger partial charge >= 0.3 is 0 Å². The predicted molar refractivity (Wildman–Crippen MR) is 134 cm³/mol. The third kappa shape index (κ3) is 5.36. The van der Waals surface area contributed by atoms with Gasteiger partial charge in [-0.1, -0.05) is 49.2 Å². The van der Waals surface area contributed by atoms with Gasteiger partial charge in [0.05, 0.1) is 6.61 Å². The molecule has 35 heavy (non-hydrogen) atoms. The highest BCUT2D eigenvalue weighted by atomic mass is 35.5. The number of nitrogens with zero attached hydrogens (tertiary/aromatic N) is 2. The van der Waals surface area contributed by atoms with Gasteiger partial charge in [0.1, 0.15) is 11.8 Å². The molecule has 0 saturated carbocycles. The number of carbonyl (C=O) groups excluding carboxylic acids is 3. The molecule has 2 heterocycles. The molecule has 2 aromatic carbocycles. The van der Waals surface area contributed by atoms with Crippen LogP contribution in [-0.2, 0) is 9.53 Å². The number of piperidine rings is 1. The van der Waals surface area contributed by atoms with Crippen LogP contribution in [0.3, 0.4) is 0 Å². The fourth-order valence-electron chi connectivity index (χ4n) is 4.69. The van der Waals surface area contributed by atoms with Crippen LogP contribution in [0.5, 0.6) is 0 Å². The minimum atomic E-state index is -0.938. The molecule has 0 aliphatic carbocycles. The summed E-state index contributed by atoms with van der Waals surface area (Å²) in [5.41, 5.74) is 1.15. The second-order valence-electron chi connectivity index (χ2n) is 9.76. The van der Waals surface area contributed by atoms with Crippen LogP contribution in [0.4, 0.5) is 0 Å². The molecule has 0 aromatic heterocycles. The van der Waals surface area contributed by atoms with Gasteiger partial charge in [-0.15, -0.1) is 0 Å². The monoisotopic (exact) mass is 497 g/mol. The lowest BCUT2D eigenvalue weighted by molar-refractivity contribution is -0.128. The van der Waals surface area contributed by atoms with Gasteiger partial charge in [-0.2, -0.15) is 0 Å². The van der Waals surface area contributed by atoms with E-state index in [0.29, 0.717) is 48.6 Å². The minimum absolute atomic E-state index is 0.108. The molecule has 0 radical (unpaired) electrons. The number of amides is 3. The highest BCUT2D eigenvalue weighted by molar-refractivity contribution is 6.30. The summed E-state index contributed by atoms with van der Waals surface area (Å²) in [4.78, 5) is 43.2. The van der Waals surface area contributed by atoms with Gasteiger partial charge in [-0.3, -0.25) is 19.3 Å². The number of hydrogen-bond acceptors (Lipinski definition) is 4. The largest absolute Gasteiger partial charge is 0.354 e. The molecule has 4 rings (SSSR count). The van der Waals surface area contributed by atoms with E-state index in [1.165, 1.54) is 0 Å². The maximum Gasteiger partial charge on any atom is 0.256 e. The number of rotatable bonds is 5. The smallest absolute Gasteiger partial charge is 0.256 e. The molecule has 3 amide bonds. The first-order valence-electron chi connectivity index (χ1n) is 12.1. The molecule has 2 saturated heterocycles. The summed E-state index contributed by atoms with van der Waals surface area (Å²) < 4.78 is 6.24. The number of hydrogen-bond donors (Lipinski definition) is 1. The Morgan fingerprint density at radius 1 is 1.06 bits per heavy atom. The highest BCUT2D eigenvalue weighted by Gasteiger charge is 2.54. The maximum absolute atomic E-state index is 13.7. The summed E-state index contributed by atoms with van der Waals surface area (Å²) in [5.74, 6) is -0.268. The lowest BCUT2D eigenvalue weighted by Gasteiger charge is -2.44. The van der Waals surface area contributed by atoms with E-state index in [0.717, 1.165) is 5.56 Å². The van der Waals surface area contributed by atoms with Crippen molar-refractivity contribution in [2.24, 2.45) is 5.92 Å². The number of halogens is 1. The number of ether oxygens (including phenoxy) is 1. The van der Waals surface area contributed by atoms with Crippen LogP contribution in [0.2, 0.25) is 5.02 Å². The van der Waals surface area contributed by atoms with Crippen molar-refractivity contribution in [2.75, 3.05) is 26.2 Å². The van der Waals surface area contributed by atoms with E-state index in [4.69, 9.17) is 16.3 Å². The summed E-state index contributed by atoms with van der Waals surface area (Å²) in [6.07, 6.45) is 0.843. The van der Waals surface area contributed by atoms with E-state index < -0.39 is 11.8 Å². The van der Waals surface area contributed by atoms with Gasteiger partial charge in [0, 0.05) is 48.6 Å². The van der Waals surface area contributed by atoms with Crippen LogP contribution in [0.25, 0.3) is 0 Å². The molecule has 7 nitrogen and oxygen atoms in total. The molecule has 2 aliphatic rings. The first-order chi connectivity index (χ1) is 16.7.